The summed E-state index contributed by atoms with van der Waals surface area (Å²) in [6, 6.07) is 4.92. The van der Waals surface area contributed by atoms with Crippen molar-refractivity contribution in [1.29, 1.82) is 0 Å². The van der Waals surface area contributed by atoms with Crippen molar-refractivity contribution in [3.8, 4) is 5.88 Å². The Hall–Kier alpha value is -3.90. The molecule has 0 aliphatic heterocycles. The maximum Gasteiger partial charge on any atom is 0.416 e. The van der Waals surface area contributed by atoms with Crippen LogP contribution < -0.4 is 10.1 Å². The lowest BCUT2D eigenvalue weighted by Gasteiger charge is -2.10. The van der Waals surface area contributed by atoms with Crippen LogP contribution >= 0.6 is 0 Å². The second-order valence-electron chi connectivity index (χ2n) is 6.93. The highest BCUT2D eigenvalue weighted by Crippen LogP contribution is 2.30. The molecule has 2 aromatic heterocycles. The molecule has 0 aliphatic carbocycles. The van der Waals surface area contributed by atoms with E-state index in [0.29, 0.717) is 22.6 Å². The zero-order valence-corrected chi connectivity index (χ0v) is 17.3. The molecule has 1 amide bonds. The highest BCUT2D eigenvalue weighted by Gasteiger charge is 2.30. The molecule has 13 heteroatoms. The molecule has 0 fully saturated rings. The van der Waals surface area contributed by atoms with Crippen molar-refractivity contribution in [2.45, 2.75) is 33.1 Å². The maximum absolute atomic E-state index is 12.9. The maximum atomic E-state index is 12.9. The van der Waals surface area contributed by atoms with Crippen LogP contribution in [-0.2, 0) is 24.1 Å². The number of methoxy groups -OCH3 is 1. The molecule has 0 saturated heterocycles. The van der Waals surface area contributed by atoms with E-state index in [9.17, 15) is 28.1 Å². The van der Waals surface area contributed by atoms with Gasteiger partial charge in [-0.2, -0.15) is 18.3 Å². The third-order valence-corrected chi connectivity index (χ3v) is 4.64. The van der Waals surface area contributed by atoms with Gasteiger partial charge in [0.05, 0.1) is 41.2 Å². The SMILES string of the molecule is COc1nn(CC(=O)Nc2c(C)nn(Cc3cccc(C(F)(F)F)c3)c2C)cc1[N+](=O)[O-]. The van der Waals surface area contributed by atoms with E-state index in [1.807, 2.05) is 0 Å². The predicted octanol–water partition coefficient (Wildman–Crippen LogP) is 3.32. The van der Waals surface area contributed by atoms with Crippen LogP contribution in [0.25, 0.3) is 0 Å². The number of rotatable bonds is 7. The number of anilines is 1. The predicted molar refractivity (Wildman–Crippen MR) is 106 cm³/mol. The third kappa shape index (κ3) is 4.87. The first-order valence-corrected chi connectivity index (χ1v) is 9.25. The highest BCUT2D eigenvalue weighted by molar-refractivity contribution is 5.91. The molecule has 32 heavy (non-hydrogen) atoms. The fraction of sp³-hybridized carbons (Fsp3) is 0.316. The van der Waals surface area contributed by atoms with Crippen LogP contribution in [0.3, 0.4) is 0 Å². The molecule has 2 heterocycles. The van der Waals surface area contributed by atoms with Gasteiger partial charge in [0, 0.05) is 0 Å². The van der Waals surface area contributed by atoms with E-state index in [2.05, 4.69) is 15.5 Å². The molecule has 0 atom stereocenters. The van der Waals surface area contributed by atoms with E-state index in [1.165, 1.54) is 17.9 Å². The van der Waals surface area contributed by atoms with E-state index in [4.69, 9.17) is 4.74 Å². The normalized spacial score (nSPS) is 11.4. The summed E-state index contributed by atoms with van der Waals surface area (Å²) >= 11 is 0. The molecule has 0 saturated carbocycles. The summed E-state index contributed by atoms with van der Waals surface area (Å²) in [4.78, 5) is 22.8. The number of aryl methyl sites for hydroxylation is 1. The van der Waals surface area contributed by atoms with Gasteiger partial charge in [-0.1, -0.05) is 12.1 Å². The molecular formula is C19H19F3N6O4. The molecule has 0 spiro atoms. The summed E-state index contributed by atoms with van der Waals surface area (Å²) in [5.41, 5.74) is 0.675. The number of nitrogens with zero attached hydrogens (tertiary/aromatic N) is 5. The van der Waals surface area contributed by atoms with Gasteiger partial charge in [-0.25, -0.2) is 0 Å². The smallest absolute Gasteiger partial charge is 0.416 e. The topological polar surface area (TPSA) is 117 Å². The number of alkyl halides is 3. The molecular weight excluding hydrogens is 433 g/mol. The summed E-state index contributed by atoms with van der Waals surface area (Å²) in [5, 5.41) is 21.8. The number of hydrogen-bond donors (Lipinski definition) is 1. The minimum absolute atomic E-state index is 0.0784. The Morgan fingerprint density at radius 2 is 2.00 bits per heavy atom. The summed E-state index contributed by atoms with van der Waals surface area (Å²) < 4.78 is 46.2. The van der Waals surface area contributed by atoms with Crippen LogP contribution in [0.1, 0.15) is 22.5 Å². The molecule has 1 N–H and O–H groups in total. The Morgan fingerprint density at radius 1 is 1.28 bits per heavy atom. The van der Waals surface area contributed by atoms with Gasteiger partial charge in [0.15, 0.2) is 0 Å². The van der Waals surface area contributed by atoms with Crippen molar-refractivity contribution in [1.82, 2.24) is 19.6 Å². The van der Waals surface area contributed by atoms with Crippen LogP contribution in [-0.4, -0.2) is 37.5 Å². The number of ether oxygens (including phenoxy) is 1. The summed E-state index contributed by atoms with van der Waals surface area (Å²) in [5.74, 6) is -0.737. The van der Waals surface area contributed by atoms with Crippen molar-refractivity contribution < 1.29 is 27.6 Å². The fourth-order valence-corrected chi connectivity index (χ4v) is 3.12. The Bertz CT molecular complexity index is 1170. The van der Waals surface area contributed by atoms with Crippen molar-refractivity contribution in [2.75, 3.05) is 12.4 Å². The zero-order valence-electron chi connectivity index (χ0n) is 17.3. The van der Waals surface area contributed by atoms with E-state index in [-0.39, 0.29) is 24.7 Å². The minimum Gasteiger partial charge on any atom is -0.475 e. The number of carbonyl (C=O) groups excluding carboxylic acids is 1. The first kappa shape index (κ1) is 22.8. The number of carbonyl (C=O) groups is 1. The Morgan fingerprint density at radius 3 is 2.59 bits per heavy atom. The van der Waals surface area contributed by atoms with Gasteiger partial charge in [0.25, 0.3) is 0 Å². The number of amides is 1. The van der Waals surface area contributed by atoms with Crippen LogP contribution in [0.5, 0.6) is 5.88 Å². The minimum atomic E-state index is -4.45. The van der Waals surface area contributed by atoms with Gasteiger partial charge in [-0.05, 0) is 31.5 Å². The lowest BCUT2D eigenvalue weighted by molar-refractivity contribution is -0.385. The van der Waals surface area contributed by atoms with Crippen molar-refractivity contribution in [3.63, 3.8) is 0 Å². The molecule has 10 nitrogen and oxygen atoms in total. The highest BCUT2D eigenvalue weighted by atomic mass is 19.4. The molecule has 3 aromatic rings. The van der Waals surface area contributed by atoms with Gasteiger partial charge >= 0.3 is 17.7 Å². The second kappa shape index (κ2) is 8.69. The van der Waals surface area contributed by atoms with E-state index in [1.54, 1.807) is 19.9 Å². The molecule has 1 aromatic carbocycles. The van der Waals surface area contributed by atoms with Crippen LogP contribution in [0.15, 0.2) is 30.5 Å². The van der Waals surface area contributed by atoms with Gasteiger partial charge < -0.3 is 10.1 Å². The van der Waals surface area contributed by atoms with E-state index >= 15 is 0 Å². The average Bonchev–Trinajstić information content (AvgIpc) is 3.23. The third-order valence-electron chi connectivity index (χ3n) is 4.64. The Kier molecular flexibility index (Phi) is 6.18. The Labute approximate surface area is 179 Å². The van der Waals surface area contributed by atoms with Gasteiger partial charge in [0.1, 0.15) is 12.7 Å². The number of nitrogens with one attached hydrogen (secondary N) is 1. The zero-order chi connectivity index (χ0) is 23.6. The monoisotopic (exact) mass is 452 g/mol. The van der Waals surface area contributed by atoms with Gasteiger partial charge in [-0.3, -0.25) is 24.3 Å². The van der Waals surface area contributed by atoms with Crippen LogP contribution in [0, 0.1) is 24.0 Å². The molecule has 0 bridgehead atoms. The summed E-state index contributed by atoms with van der Waals surface area (Å²) in [6.45, 7) is 3.08. The summed E-state index contributed by atoms with van der Waals surface area (Å²) in [7, 11) is 1.23. The second-order valence-corrected chi connectivity index (χ2v) is 6.93. The van der Waals surface area contributed by atoms with Crippen molar-refractivity contribution in [2.24, 2.45) is 0 Å². The standard InChI is InChI=1S/C19H19F3N6O4/c1-11-17(23-16(29)10-26-9-15(28(30)31)18(25-26)32-3)12(2)27(24-11)8-13-5-4-6-14(7-13)19(20,21)22/h4-7,9H,8,10H2,1-3H3,(H,23,29). The van der Waals surface area contributed by atoms with E-state index < -0.39 is 22.6 Å². The number of benzene rings is 1. The largest absolute Gasteiger partial charge is 0.475 e. The number of aromatic nitrogens is 4. The number of hydrogen-bond acceptors (Lipinski definition) is 6. The lowest BCUT2D eigenvalue weighted by atomic mass is 10.1. The van der Waals surface area contributed by atoms with Crippen LogP contribution in [0.4, 0.5) is 24.5 Å². The average molecular weight is 452 g/mol. The quantitative estimate of drug-likeness (QED) is 0.434. The molecule has 170 valence electrons. The summed E-state index contributed by atoms with van der Waals surface area (Å²) in [6.07, 6.45) is -3.37. The van der Waals surface area contributed by atoms with Crippen molar-refractivity contribution in [3.05, 3.63) is 63.1 Å². The molecule has 3 rings (SSSR count). The lowest BCUT2D eigenvalue weighted by Crippen LogP contribution is -2.20. The number of nitro groups is 1. The van der Waals surface area contributed by atoms with E-state index in [0.717, 1.165) is 23.0 Å². The van der Waals surface area contributed by atoms with Crippen LogP contribution in [0.2, 0.25) is 0 Å². The first-order valence-electron chi connectivity index (χ1n) is 9.25. The van der Waals surface area contributed by atoms with Gasteiger partial charge in [-0.15, -0.1) is 5.10 Å². The van der Waals surface area contributed by atoms with Gasteiger partial charge in [0.2, 0.25) is 5.91 Å². The molecule has 0 aliphatic rings. The fourth-order valence-electron chi connectivity index (χ4n) is 3.12. The van der Waals surface area contributed by atoms with Crippen molar-refractivity contribution >= 4 is 17.3 Å². The Balaban J connectivity index is 1.75. The molecule has 0 unspecified atom stereocenters. The first-order chi connectivity index (χ1) is 15.0. The molecule has 0 radical (unpaired) electrons. The number of halogens is 3.